The number of piperazine rings is 1. The van der Waals surface area contributed by atoms with Gasteiger partial charge in [0.15, 0.2) is 0 Å². The van der Waals surface area contributed by atoms with Gasteiger partial charge in [0.25, 0.3) is 0 Å². The highest BCUT2D eigenvalue weighted by atomic mass is 16.2. The summed E-state index contributed by atoms with van der Waals surface area (Å²) in [7, 11) is 2.09. The van der Waals surface area contributed by atoms with Crippen LogP contribution < -0.4 is 5.73 Å². The van der Waals surface area contributed by atoms with E-state index in [4.69, 9.17) is 5.73 Å². The Morgan fingerprint density at radius 1 is 1.50 bits per heavy atom. The first-order chi connectivity index (χ1) is 7.47. The Morgan fingerprint density at radius 2 is 2.12 bits per heavy atom. The zero-order valence-electron chi connectivity index (χ0n) is 10.9. The van der Waals surface area contributed by atoms with Gasteiger partial charge in [-0.15, -0.1) is 0 Å². The zero-order chi connectivity index (χ0) is 12.3. The summed E-state index contributed by atoms with van der Waals surface area (Å²) in [4.78, 5) is 16.4. The van der Waals surface area contributed by atoms with Crippen molar-refractivity contribution in [1.29, 1.82) is 0 Å². The van der Waals surface area contributed by atoms with Crippen LogP contribution in [0, 0.1) is 5.92 Å². The van der Waals surface area contributed by atoms with Crippen molar-refractivity contribution in [3.05, 3.63) is 0 Å². The van der Waals surface area contributed by atoms with E-state index in [0.29, 0.717) is 0 Å². The first kappa shape index (κ1) is 13.5. The molecule has 3 atom stereocenters. The molecule has 0 aromatic rings. The lowest BCUT2D eigenvalue weighted by atomic mass is 9.98. The van der Waals surface area contributed by atoms with Crippen LogP contribution in [0.2, 0.25) is 0 Å². The van der Waals surface area contributed by atoms with Gasteiger partial charge in [0, 0.05) is 25.7 Å². The molecule has 1 heterocycles. The quantitative estimate of drug-likeness (QED) is 0.765. The summed E-state index contributed by atoms with van der Waals surface area (Å²) in [6.07, 6.45) is 0.953. The Morgan fingerprint density at radius 3 is 2.62 bits per heavy atom. The smallest absolute Gasteiger partial charge is 0.240 e. The normalized spacial score (nSPS) is 26.6. The molecule has 0 aliphatic carbocycles. The Bertz CT molecular complexity index is 244. The van der Waals surface area contributed by atoms with Crippen molar-refractivity contribution in [1.82, 2.24) is 9.80 Å². The minimum atomic E-state index is -0.337. The standard InChI is InChI=1S/C12H25N3O/c1-5-9(2)11(13)12(16)15-7-6-14(4)8-10(15)3/h9-11H,5-8,13H2,1-4H3. The molecule has 1 aliphatic heterocycles. The molecule has 1 amide bonds. The average Bonchev–Trinajstić information content (AvgIpc) is 2.26. The van der Waals surface area contributed by atoms with Crippen molar-refractivity contribution in [2.24, 2.45) is 11.7 Å². The van der Waals surface area contributed by atoms with E-state index in [1.165, 1.54) is 0 Å². The second kappa shape index (κ2) is 5.64. The van der Waals surface area contributed by atoms with Crippen LogP contribution >= 0.6 is 0 Å². The zero-order valence-corrected chi connectivity index (χ0v) is 10.9. The maximum absolute atomic E-state index is 12.2. The summed E-state index contributed by atoms with van der Waals surface area (Å²) >= 11 is 0. The summed E-state index contributed by atoms with van der Waals surface area (Å²) in [5.41, 5.74) is 5.99. The molecule has 0 aromatic heterocycles. The van der Waals surface area contributed by atoms with Gasteiger partial charge in [-0.2, -0.15) is 0 Å². The fourth-order valence-electron chi connectivity index (χ4n) is 2.16. The first-order valence-corrected chi connectivity index (χ1v) is 6.22. The van der Waals surface area contributed by atoms with E-state index in [0.717, 1.165) is 26.1 Å². The number of likely N-dealkylation sites (N-methyl/N-ethyl adjacent to an activating group) is 1. The predicted octanol–water partition coefficient (Wildman–Crippen LogP) is 0.522. The van der Waals surface area contributed by atoms with Crippen molar-refractivity contribution in [3.63, 3.8) is 0 Å². The molecule has 0 spiro atoms. The molecule has 4 heteroatoms. The van der Waals surface area contributed by atoms with Gasteiger partial charge in [-0.25, -0.2) is 0 Å². The Kier molecular flexibility index (Phi) is 4.74. The fraction of sp³-hybridized carbons (Fsp3) is 0.917. The van der Waals surface area contributed by atoms with E-state index in [1.807, 2.05) is 11.8 Å². The highest BCUT2D eigenvalue weighted by Gasteiger charge is 2.30. The van der Waals surface area contributed by atoms with Crippen LogP contribution in [-0.4, -0.2) is 54.5 Å². The van der Waals surface area contributed by atoms with E-state index < -0.39 is 0 Å². The van der Waals surface area contributed by atoms with Crippen LogP contribution in [0.3, 0.4) is 0 Å². The molecule has 0 aromatic carbocycles. The van der Waals surface area contributed by atoms with Gasteiger partial charge in [-0.05, 0) is 19.9 Å². The number of amides is 1. The fourth-order valence-corrected chi connectivity index (χ4v) is 2.16. The van der Waals surface area contributed by atoms with Gasteiger partial charge < -0.3 is 15.5 Å². The van der Waals surface area contributed by atoms with Crippen molar-refractivity contribution in [3.8, 4) is 0 Å². The van der Waals surface area contributed by atoms with Crippen LogP contribution in [0.5, 0.6) is 0 Å². The third-order valence-corrected chi connectivity index (χ3v) is 3.66. The monoisotopic (exact) mass is 227 g/mol. The predicted molar refractivity (Wildman–Crippen MR) is 66.1 cm³/mol. The maximum atomic E-state index is 12.2. The van der Waals surface area contributed by atoms with Gasteiger partial charge in [-0.3, -0.25) is 4.79 Å². The lowest BCUT2D eigenvalue weighted by Gasteiger charge is -2.40. The Hall–Kier alpha value is -0.610. The number of carbonyl (C=O) groups excluding carboxylic acids is 1. The van der Waals surface area contributed by atoms with E-state index in [9.17, 15) is 4.79 Å². The first-order valence-electron chi connectivity index (χ1n) is 6.22. The number of hydrogen-bond acceptors (Lipinski definition) is 3. The second-order valence-corrected chi connectivity index (χ2v) is 5.05. The van der Waals surface area contributed by atoms with Crippen molar-refractivity contribution in [2.75, 3.05) is 26.7 Å². The van der Waals surface area contributed by atoms with Crippen LogP contribution in [0.15, 0.2) is 0 Å². The number of rotatable bonds is 3. The van der Waals surface area contributed by atoms with Crippen LogP contribution in [0.1, 0.15) is 27.2 Å². The Balaban J connectivity index is 2.59. The van der Waals surface area contributed by atoms with Gasteiger partial charge in [-0.1, -0.05) is 20.3 Å². The summed E-state index contributed by atoms with van der Waals surface area (Å²) in [6, 6.07) is -0.0581. The van der Waals surface area contributed by atoms with Crippen LogP contribution in [-0.2, 0) is 4.79 Å². The SMILES string of the molecule is CCC(C)C(N)C(=O)N1CCN(C)CC1C. The average molecular weight is 227 g/mol. The minimum absolute atomic E-state index is 0.120. The molecule has 16 heavy (non-hydrogen) atoms. The molecule has 94 valence electrons. The molecule has 1 saturated heterocycles. The molecule has 0 radical (unpaired) electrons. The van der Waals surface area contributed by atoms with Gasteiger partial charge in [0.2, 0.25) is 5.91 Å². The van der Waals surface area contributed by atoms with Gasteiger partial charge in [0.05, 0.1) is 6.04 Å². The third-order valence-electron chi connectivity index (χ3n) is 3.66. The van der Waals surface area contributed by atoms with E-state index in [2.05, 4.69) is 25.8 Å². The molecule has 4 nitrogen and oxygen atoms in total. The second-order valence-electron chi connectivity index (χ2n) is 5.05. The molecule has 1 fully saturated rings. The highest BCUT2D eigenvalue weighted by Crippen LogP contribution is 2.13. The van der Waals surface area contributed by atoms with E-state index in [1.54, 1.807) is 0 Å². The molecule has 1 aliphatic rings. The van der Waals surface area contributed by atoms with Crippen molar-refractivity contribution >= 4 is 5.91 Å². The van der Waals surface area contributed by atoms with E-state index in [-0.39, 0.29) is 23.9 Å². The molecule has 3 unspecified atom stereocenters. The summed E-state index contributed by atoms with van der Waals surface area (Å²) < 4.78 is 0. The molecule has 0 bridgehead atoms. The lowest BCUT2D eigenvalue weighted by Crippen LogP contribution is -2.57. The van der Waals surface area contributed by atoms with Crippen molar-refractivity contribution in [2.45, 2.75) is 39.3 Å². The number of nitrogens with zero attached hydrogens (tertiary/aromatic N) is 2. The van der Waals surface area contributed by atoms with Gasteiger partial charge >= 0.3 is 0 Å². The van der Waals surface area contributed by atoms with Crippen molar-refractivity contribution < 1.29 is 4.79 Å². The number of nitrogens with two attached hydrogens (primary N) is 1. The Labute approximate surface area is 98.8 Å². The molecule has 2 N–H and O–H groups in total. The third kappa shape index (κ3) is 2.95. The van der Waals surface area contributed by atoms with Gasteiger partial charge in [0.1, 0.15) is 0 Å². The minimum Gasteiger partial charge on any atom is -0.336 e. The summed E-state index contributed by atoms with van der Waals surface area (Å²) in [5, 5.41) is 0. The molecular formula is C12H25N3O. The number of hydrogen-bond donors (Lipinski definition) is 1. The largest absolute Gasteiger partial charge is 0.336 e. The molecular weight excluding hydrogens is 202 g/mol. The summed E-state index contributed by atoms with van der Waals surface area (Å²) in [5.74, 6) is 0.384. The number of carbonyl (C=O) groups is 1. The molecule has 0 saturated carbocycles. The van der Waals surface area contributed by atoms with Crippen LogP contribution in [0.4, 0.5) is 0 Å². The lowest BCUT2D eigenvalue weighted by molar-refractivity contribution is -0.138. The van der Waals surface area contributed by atoms with E-state index >= 15 is 0 Å². The summed E-state index contributed by atoms with van der Waals surface area (Å²) in [6.45, 7) is 8.91. The highest BCUT2D eigenvalue weighted by molar-refractivity contribution is 5.82. The topological polar surface area (TPSA) is 49.6 Å². The van der Waals surface area contributed by atoms with Crippen LogP contribution in [0.25, 0.3) is 0 Å². The molecule has 1 rings (SSSR count). The maximum Gasteiger partial charge on any atom is 0.240 e.